The van der Waals surface area contributed by atoms with Crippen LogP contribution in [0, 0.1) is 12.8 Å². The third-order valence-corrected chi connectivity index (χ3v) is 4.53. The van der Waals surface area contributed by atoms with Crippen LogP contribution in [0.25, 0.3) is 0 Å². The maximum atomic E-state index is 12.0. The number of rotatable bonds is 8. The number of aryl methyl sites for hydroxylation is 1. The summed E-state index contributed by atoms with van der Waals surface area (Å²) in [6, 6.07) is 15.9. The summed E-state index contributed by atoms with van der Waals surface area (Å²) in [5.41, 5.74) is 11.0. The first-order valence-electron chi connectivity index (χ1n) is 8.71. The highest BCUT2D eigenvalue weighted by molar-refractivity contribution is 5.82. The monoisotopic (exact) mass is 336 g/mol. The van der Waals surface area contributed by atoms with E-state index >= 15 is 0 Å². The van der Waals surface area contributed by atoms with E-state index in [-0.39, 0.29) is 17.7 Å². The van der Waals surface area contributed by atoms with Crippen LogP contribution in [0.2, 0.25) is 0 Å². The Bertz CT molecular complexity index is 717. The van der Waals surface area contributed by atoms with E-state index in [1.54, 1.807) is 6.92 Å². The molecule has 0 aliphatic rings. The summed E-state index contributed by atoms with van der Waals surface area (Å²) in [7, 11) is 0. The van der Waals surface area contributed by atoms with Gasteiger partial charge in [0.15, 0.2) is 5.78 Å². The molecule has 0 amide bonds. The van der Waals surface area contributed by atoms with Gasteiger partial charge in [0.25, 0.3) is 0 Å². The number of nitrogen functional groups attached to an aromatic ring is 1. The molecule has 2 aromatic rings. The van der Waals surface area contributed by atoms with Crippen LogP contribution >= 0.6 is 0 Å². The van der Waals surface area contributed by atoms with E-state index in [4.69, 9.17) is 5.73 Å². The minimum Gasteiger partial charge on any atom is -0.399 e. The highest BCUT2D eigenvalue weighted by Crippen LogP contribution is 2.16. The van der Waals surface area contributed by atoms with Gasteiger partial charge >= 0.3 is 0 Å². The van der Waals surface area contributed by atoms with Gasteiger partial charge in [-0.1, -0.05) is 55.5 Å². The number of hydrogen-bond donors (Lipinski definition) is 2. The maximum absolute atomic E-state index is 12.0. The van der Waals surface area contributed by atoms with Crippen molar-refractivity contribution in [1.29, 1.82) is 0 Å². The molecule has 3 nitrogen and oxygen atoms in total. The highest BCUT2D eigenvalue weighted by Gasteiger charge is 2.18. The number of carbonyl (C=O) groups excluding carboxylic acids is 1. The Morgan fingerprint density at radius 2 is 1.56 bits per heavy atom. The molecule has 0 aliphatic heterocycles. The third-order valence-electron chi connectivity index (χ3n) is 4.53. The smallest absolute Gasteiger partial charge is 0.152 e. The number of nitrogens with one attached hydrogen (secondary N) is 1. The fourth-order valence-corrected chi connectivity index (χ4v) is 2.75. The molecule has 132 valence electrons. The lowest BCUT2D eigenvalue weighted by Crippen LogP contribution is -2.38. The summed E-state index contributed by atoms with van der Waals surface area (Å²) in [5, 5.41) is 3.34. The summed E-state index contributed by atoms with van der Waals surface area (Å²) in [6.07, 6.45) is 1.53. The summed E-state index contributed by atoms with van der Waals surface area (Å²) in [5.74, 6) is 0.358. The standard InChI is InChI=1S/C22H28N2O/c1-15-5-7-19(8-6-15)13-16(2)17(3)24-22(18(4)25)14-20-9-11-21(23)12-10-20/h5-12,16,22,24H,3,13-14,23H2,1-2,4H3. The number of carbonyl (C=O) groups is 1. The number of benzene rings is 2. The second-order valence-corrected chi connectivity index (χ2v) is 6.87. The number of nitrogens with two attached hydrogens (primary N) is 1. The molecule has 0 saturated carbocycles. The second kappa shape index (κ2) is 8.52. The molecular weight excluding hydrogens is 308 g/mol. The molecule has 2 unspecified atom stereocenters. The predicted octanol–water partition coefficient (Wildman–Crippen LogP) is 4.06. The topological polar surface area (TPSA) is 55.1 Å². The van der Waals surface area contributed by atoms with Gasteiger partial charge in [-0.05, 0) is 55.9 Å². The molecule has 2 aromatic carbocycles. The van der Waals surface area contributed by atoms with Crippen molar-refractivity contribution in [3.8, 4) is 0 Å². The van der Waals surface area contributed by atoms with Gasteiger partial charge in [0, 0.05) is 11.4 Å². The number of Topliss-reactive ketones (excluding diaryl/α,β-unsaturated/α-hetero) is 1. The van der Waals surface area contributed by atoms with Crippen LogP contribution in [0.4, 0.5) is 5.69 Å². The maximum Gasteiger partial charge on any atom is 0.152 e. The van der Waals surface area contributed by atoms with Gasteiger partial charge in [-0.25, -0.2) is 0 Å². The average Bonchev–Trinajstić information content (AvgIpc) is 2.58. The zero-order valence-corrected chi connectivity index (χ0v) is 15.4. The fraction of sp³-hybridized carbons (Fsp3) is 0.318. The van der Waals surface area contributed by atoms with E-state index in [9.17, 15) is 4.79 Å². The van der Waals surface area contributed by atoms with Crippen molar-refractivity contribution in [1.82, 2.24) is 5.32 Å². The fourth-order valence-electron chi connectivity index (χ4n) is 2.75. The number of allylic oxidation sites excluding steroid dienone is 1. The molecule has 0 aliphatic carbocycles. The highest BCUT2D eigenvalue weighted by atomic mass is 16.1. The Balaban J connectivity index is 1.97. The quantitative estimate of drug-likeness (QED) is 0.715. The van der Waals surface area contributed by atoms with Crippen molar-refractivity contribution in [3.05, 3.63) is 77.5 Å². The van der Waals surface area contributed by atoms with Crippen molar-refractivity contribution >= 4 is 11.5 Å². The van der Waals surface area contributed by atoms with Gasteiger partial charge in [-0.15, -0.1) is 0 Å². The van der Waals surface area contributed by atoms with Gasteiger partial charge < -0.3 is 11.1 Å². The molecule has 0 saturated heterocycles. The Kier molecular flexibility index (Phi) is 6.40. The Morgan fingerprint density at radius 3 is 2.12 bits per heavy atom. The number of ketones is 1. The molecule has 3 heteroatoms. The van der Waals surface area contributed by atoms with Crippen molar-refractivity contribution in [3.63, 3.8) is 0 Å². The molecule has 0 radical (unpaired) electrons. The minimum absolute atomic E-state index is 0.112. The number of hydrogen-bond acceptors (Lipinski definition) is 3. The van der Waals surface area contributed by atoms with E-state index < -0.39 is 0 Å². The Morgan fingerprint density at radius 1 is 1.04 bits per heavy atom. The van der Waals surface area contributed by atoms with Gasteiger partial charge in [-0.2, -0.15) is 0 Å². The first kappa shape index (κ1) is 18.8. The molecule has 0 bridgehead atoms. The van der Waals surface area contributed by atoms with Crippen LogP contribution in [0.3, 0.4) is 0 Å². The molecule has 2 rings (SSSR count). The van der Waals surface area contributed by atoms with Gasteiger partial charge in [0.1, 0.15) is 0 Å². The van der Waals surface area contributed by atoms with Gasteiger partial charge in [0.05, 0.1) is 6.04 Å². The Hall–Kier alpha value is -2.55. The summed E-state index contributed by atoms with van der Waals surface area (Å²) < 4.78 is 0. The van der Waals surface area contributed by atoms with Crippen molar-refractivity contribution in [2.75, 3.05) is 5.73 Å². The molecular formula is C22H28N2O. The van der Waals surface area contributed by atoms with Crippen LogP contribution in [-0.2, 0) is 17.6 Å². The Labute approximate surface area is 150 Å². The number of anilines is 1. The van der Waals surface area contributed by atoms with Crippen LogP contribution in [0.15, 0.2) is 60.8 Å². The first-order chi connectivity index (χ1) is 11.8. The van der Waals surface area contributed by atoms with Gasteiger partial charge in [0.2, 0.25) is 0 Å². The normalized spacial score (nSPS) is 13.1. The minimum atomic E-state index is -0.267. The van der Waals surface area contributed by atoms with Crippen molar-refractivity contribution in [2.45, 2.75) is 39.7 Å². The van der Waals surface area contributed by atoms with Crippen LogP contribution in [0.5, 0.6) is 0 Å². The van der Waals surface area contributed by atoms with E-state index in [1.807, 2.05) is 24.3 Å². The summed E-state index contributed by atoms with van der Waals surface area (Å²) in [4.78, 5) is 12.0. The lowest BCUT2D eigenvalue weighted by Gasteiger charge is -2.23. The molecule has 3 N–H and O–H groups in total. The third kappa shape index (κ3) is 5.79. The first-order valence-corrected chi connectivity index (χ1v) is 8.71. The van der Waals surface area contributed by atoms with Crippen LogP contribution < -0.4 is 11.1 Å². The average molecular weight is 336 g/mol. The largest absolute Gasteiger partial charge is 0.399 e. The lowest BCUT2D eigenvalue weighted by atomic mass is 9.96. The van der Waals surface area contributed by atoms with E-state index in [1.165, 1.54) is 11.1 Å². The molecule has 0 fully saturated rings. The predicted molar refractivity (Wildman–Crippen MR) is 105 cm³/mol. The lowest BCUT2D eigenvalue weighted by molar-refractivity contribution is -0.118. The zero-order chi connectivity index (χ0) is 18.4. The molecule has 0 aromatic heterocycles. The van der Waals surface area contributed by atoms with Gasteiger partial charge in [-0.3, -0.25) is 4.79 Å². The van der Waals surface area contributed by atoms with Crippen molar-refractivity contribution in [2.24, 2.45) is 5.92 Å². The van der Waals surface area contributed by atoms with Crippen LogP contribution in [0.1, 0.15) is 30.5 Å². The van der Waals surface area contributed by atoms with Crippen molar-refractivity contribution < 1.29 is 4.79 Å². The summed E-state index contributed by atoms with van der Waals surface area (Å²) >= 11 is 0. The molecule has 25 heavy (non-hydrogen) atoms. The molecule has 2 atom stereocenters. The van der Waals surface area contributed by atoms with Crippen LogP contribution in [-0.4, -0.2) is 11.8 Å². The summed E-state index contributed by atoms with van der Waals surface area (Å²) in [6.45, 7) is 10.0. The zero-order valence-electron chi connectivity index (χ0n) is 15.4. The SMILES string of the molecule is C=C(NC(Cc1ccc(N)cc1)C(C)=O)C(C)Cc1ccc(C)cc1. The van der Waals surface area contributed by atoms with E-state index in [2.05, 4.69) is 50.0 Å². The van der Waals surface area contributed by atoms with E-state index in [0.717, 1.165) is 23.4 Å². The molecule has 0 heterocycles. The second-order valence-electron chi connectivity index (χ2n) is 6.87. The van der Waals surface area contributed by atoms with E-state index in [0.29, 0.717) is 6.42 Å². The molecule has 0 spiro atoms.